The fourth-order valence-corrected chi connectivity index (χ4v) is 4.76. The molecule has 0 radical (unpaired) electrons. The van der Waals surface area contributed by atoms with Crippen LogP contribution in [0.15, 0.2) is 41.3 Å². The van der Waals surface area contributed by atoms with Gasteiger partial charge in [-0.25, -0.2) is 17.2 Å². The van der Waals surface area contributed by atoms with Crippen LogP contribution in [0, 0.1) is 25.5 Å². The second-order valence-corrected chi connectivity index (χ2v) is 8.16. The largest absolute Gasteiger partial charge is 0.367 e. The molecular weight excluding hydrogens is 346 g/mol. The number of hydrogen-bond donors (Lipinski definition) is 0. The number of aryl methyl sites for hydroxylation is 2. The molecule has 0 N–H and O–H groups in total. The average Bonchev–Trinajstić information content (AvgIpc) is 2.57. The second-order valence-electron chi connectivity index (χ2n) is 6.26. The molecule has 1 heterocycles. The lowest BCUT2D eigenvalue weighted by Gasteiger charge is -2.35. The zero-order valence-corrected chi connectivity index (χ0v) is 15.0. The molecule has 1 aliphatic heterocycles. The van der Waals surface area contributed by atoms with Crippen LogP contribution in [0.2, 0.25) is 0 Å². The van der Waals surface area contributed by atoms with Crippen LogP contribution in [0.25, 0.3) is 0 Å². The summed E-state index contributed by atoms with van der Waals surface area (Å²) < 4.78 is 54.2. The SMILES string of the molecule is Cc1ccc(C)c(S(=O)(=O)N2CCN(c3ccc(F)cc3F)CC2)c1. The van der Waals surface area contributed by atoms with Gasteiger partial charge in [-0.2, -0.15) is 4.31 Å². The number of nitrogens with zero attached hydrogens (tertiary/aromatic N) is 2. The molecule has 1 aliphatic rings. The lowest BCUT2D eigenvalue weighted by atomic mass is 10.2. The van der Waals surface area contributed by atoms with E-state index in [0.717, 1.165) is 11.6 Å². The molecule has 0 unspecified atom stereocenters. The van der Waals surface area contributed by atoms with Gasteiger partial charge in [-0.05, 0) is 43.2 Å². The molecule has 0 bridgehead atoms. The fraction of sp³-hybridized carbons (Fsp3) is 0.333. The summed E-state index contributed by atoms with van der Waals surface area (Å²) in [5.74, 6) is -1.26. The van der Waals surface area contributed by atoms with Crippen molar-refractivity contribution in [2.45, 2.75) is 18.7 Å². The van der Waals surface area contributed by atoms with E-state index in [-0.39, 0.29) is 13.1 Å². The van der Waals surface area contributed by atoms with E-state index in [1.54, 1.807) is 24.0 Å². The number of anilines is 1. The van der Waals surface area contributed by atoms with E-state index < -0.39 is 21.7 Å². The van der Waals surface area contributed by atoms with Gasteiger partial charge in [0.2, 0.25) is 10.0 Å². The number of sulfonamides is 1. The molecule has 0 saturated carbocycles. The van der Waals surface area contributed by atoms with Crippen LogP contribution in [-0.4, -0.2) is 38.9 Å². The maximum atomic E-state index is 13.9. The number of piperazine rings is 1. The Morgan fingerprint density at radius 1 is 0.920 bits per heavy atom. The van der Waals surface area contributed by atoms with Gasteiger partial charge in [0, 0.05) is 32.2 Å². The minimum absolute atomic E-state index is 0.256. The third-order valence-electron chi connectivity index (χ3n) is 4.45. The standard InChI is InChI=1S/C18H20F2N2O2S/c1-13-3-4-14(2)18(11-13)25(23,24)22-9-7-21(8-10-22)17-6-5-15(19)12-16(17)20/h3-6,11-12H,7-10H2,1-2H3. The second kappa shape index (κ2) is 6.72. The topological polar surface area (TPSA) is 40.6 Å². The zero-order valence-electron chi connectivity index (χ0n) is 14.2. The number of halogens is 2. The summed E-state index contributed by atoms with van der Waals surface area (Å²) in [6.45, 7) is 4.85. The van der Waals surface area contributed by atoms with Crippen molar-refractivity contribution in [3.63, 3.8) is 0 Å². The van der Waals surface area contributed by atoms with Gasteiger partial charge in [-0.1, -0.05) is 12.1 Å². The zero-order chi connectivity index (χ0) is 18.2. The molecule has 2 aromatic carbocycles. The van der Waals surface area contributed by atoms with Crippen molar-refractivity contribution in [3.05, 3.63) is 59.2 Å². The summed E-state index contributed by atoms with van der Waals surface area (Å²) >= 11 is 0. The normalized spacial score (nSPS) is 16.2. The van der Waals surface area contributed by atoms with Crippen LogP contribution >= 0.6 is 0 Å². The van der Waals surface area contributed by atoms with Gasteiger partial charge < -0.3 is 4.90 Å². The summed E-state index contributed by atoms with van der Waals surface area (Å²) in [6.07, 6.45) is 0. The van der Waals surface area contributed by atoms with Gasteiger partial charge in [0.25, 0.3) is 0 Å². The highest BCUT2D eigenvalue weighted by Crippen LogP contribution is 2.25. The number of benzene rings is 2. The highest BCUT2D eigenvalue weighted by molar-refractivity contribution is 7.89. The van der Waals surface area contributed by atoms with E-state index in [4.69, 9.17) is 0 Å². The summed E-state index contributed by atoms with van der Waals surface area (Å²) in [4.78, 5) is 2.05. The number of hydrogen-bond acceptors (Lipinski definition) is 3. The maximum absolute atomic E-state index is 13.9. The van der Waals surface area contributed by atoms with Crippen molar-refractivity contribution < 1.29 is 17.2 Å². The first-order valence-electron chi connectivity index (χ1n) is 8.06. The molecule has 0 aliphatic carbocycles. The molecule has 2 aromatic rings. The molecule has 25 heavy (non-hydrogen) atoms. The Kier molecular flexibility index (Phi) is 4.79. The third-order valence-corrected chi connectivity index (χ3v) is 6.49. The van der Waals surface area contributed by atoms with Crippen molar-refractivity contribution in [1.29, 1.82) is 0 Å². The molecule has 1 saturated heterocycles. The monoisotopic (exact) mass is 366 g/mol. The minimum atomic E-state index is -3.58. The van der Waals surface area contributed by atoms with Crippen LogP contribution in [-0.2, 0) is 10.0 Å². The lowest BCUT2D eigenvalue weighted by Crippen LogP contribution is -2.49. The first-order chi connectivity index (χ1) is 11.8. The lowest BCUT2D eigenvalue weighted by molar-refractivity contribution is 0.383. The van der Waals surface area contributed by atoms with Crippen molar-refractivity contribution in [1.82, 2.24) is 4.31 Å². The van der Waals surface area contributed by atoms with Crippen molar-refractivity contribution >= 4 is 15.7 Å². The van der Waals surface area contributed by atoms with Gasteiger partial charge >= 0.3 is 0 Å². The van der Waals surface area contributed by atoms with Crippen LogP contribution in [0.5, 0.6) is 0 Å². The molecule has 4 nitrogen and oxygen atoms in total. The van der Waals surface area contributed by atoms with Crippen molar-refractivity contribution in [2.75, 3.05) is 31.1 Å². The summed E-state index contributed by atoms with van der Waals surface area (Å²) in [6, 6.07) is 8.79. The minimum Gasteiger partial charge on any atom is -0.367 e. The van der Waals surface area contributed by atoms with E-state index in [0.29, 0.717) is 29.2 Å². The van der Waals surface area contributed by atoms with Gasteiger partial charge in [0.1, 0.15) is 11.6 Å². The number of rotatable bonds is 3. The molecule has 134 valence electrons. The van der Waals surface area contributed by atoms with Gasteiger partial charge in [-0.3, -0.25) is 0 Å². The summed E-state index contributed by atoms with van der Waals surface area (Å²) in [5.41, 5.74) is 1.89. The Morgan fingerprint density at radius 3 is 2.24 bits per heavy atom. The van der Waals surface area contributed by atoms with Crippen LogP contribution in [0.4, 0.5) is 14.5 Å². The molecule has 7 heteroatoms. The Balaban J connectivity index is 1.78. The van der Waals surface area contributed by atoms with Gasteiger partial charge in [0.05, 0.1) is 10.6 Å². The van der Waals surface area contributed by atoms with Crippen molar-refractivity contribution in [2.24, 2.45) is 0 Å². The summed E-state index contributed by atoms with van der Waals surface area (Å²) in [5, 5.41) is 0. The van der Waals surface area contributed by atoms with Crippen LogP contribution in [0.3, 0.4) is 0 Å². The first-order valence-corrected chi connectivity index (χ1v) is 9.50. The Labute approximate surface area is 146 Å². The van der Waals surface area contributed by atoms with Crippen LogP contribution in [0.1, 0.15) is 11.1 Å². The van der Waals surface area contributed by atoms with E-state index in [9.17, 15) is 17.2 Å². The van der Waals surface area contributed by atoms with E-state index >= 15 is 0 Å². The molecule has 0 atom stereocenters. The highest BCUT2D eigenvalue weighted by atomic mass is 32.2. The molecular formula is C18H20F2N2O2S. The average molecular weight is 366 g/mol. The quantitative estimate of drug-likeness (QED) is 0.838. The predicted molar refractivity (Wildman–Crippen MR) is 93.2 cm³/mol. The van der Waals surface area contributed by atoms with E-state index in [2.05, 4.69) is 0 Å². The Morgan fingerprint density at radius 2 is 1.60 bits per heavy atom. The maximum Gasteiger partial charge on any atom is 0.243 e. The van der Waals surface area contributed by atoms with Gasteiger partial charge in [-0.15, -0.1) is 0 Å². The Bertz CT molecular complexity index is 892. The fourth-order valence-electron chi connectivity index (χ4n) is 3.03. The third kappa shape index (κ3) is 3.52. The van der Waals surface area contributed by atoms with E-state index in [1.807, 2.05) is 13.0 Å². The smallest absolute Gasteiger partial charge is 0.243 e. The van der Waals surface area contributed by atoms with E-state index in [1.165, 1.54) is 16.4 Å². The molecule has 0 amide bonds. The summed E-state index contributed by atoms with van der Waals surface area (Å²) in [7, 11) is -3.58. The predicted octanol–water partition coefficient (Wildman–Crippen LogP) is 3.09. The van der Waals surface area contributed by atoms with Gasteiger partial charge in [0.15, 0.2) is 0 Å². The molecule has 0 spiro atoms. The molecule has 0 aromatic heterocycles. The Hall–Kier alpha value is -1.99. The molecule has 1 fully saturated rings. The van der Waals surface area contributed by atoms with Crippen LogP contribution < -0.4 is 4.90 Å². The molecule has 3 rings (SSSR count). The van der Waals surface area contributed by atoms with Crippen molar-refractivity contribution in [3.8, 4) is 0 Å². The highest BCUT2D eigenvalue weighted by Gasteiger charge is 2.30. The first kappa shape index (κ1) is 17.8.